The molecule has 0 aromatic carbocycles. The molecule has 0 spiro atoms. The van der Waals surface area contributed by atoms with E-state index in [1.165, 1.54) is 0 Å². The van der Waals surface area contributed by atoms with Gasteiger partial charge < -0.3 is 20.4 Å². The van der Waals surface area contributed by atoms with Crippen LogP contribution in [-0.2, 0) is 4.79 Å². The molecule has 2 aliphatic rings. The molecule has 1 heterocycles. The van der Waals surface area contributed by atoms with Gasteiger partial charge in [0.15, 0.2) is 0 Å². The Hall–Kier alpha value is -1.30. The van der Waals surface area contributed by atoms with Crippen molar-refractivity contribution in [2.75, 3.05) is 13.1 Å². The van der Waals surface area contributed by atoms with Crippen LogP contribution in [0.4, 0.5) is 4.79 Å². The highest BCUT2D eigenvalue weighted by atomic mass is 16.4. The number of nitrogens with one attached hydrogen (secondary N) is 1. The van der Waals surface area contributed by atoms with Gasteiger partial charge >= 0.3 is 12.0 Å². The largest absolute Gasteiger partial charge is 0.481 e. The summed E-state index contributed by atoms with van der Waals surface area (Å²) in [6.45, 7) is 4.75. The standard InChI is InChI=1S/C15H26N2O4/c1-10(18)11-5-8-17(9-6-11)14(21)16-12-4-3-7-15(12,2)13(19)20/h10-12,18H,3-9H2,1-2H3,(H,16,21)(H,19,20). The van der Waals surface area contributed by atoms with E-state index >= 15 is 0 Å². The molecule has 2 fully saturated rings. The van der Waals surface area contributed by atoms with Gasteiger partial charge in [0.25, 0.3) is 0 Å². The lowest BCUT2D eigenvalue weighted by Crippen LogP contribution is -2.53. The van der Waals surface area contributed by atoms with Gasteiger partial charge in [-0.1, -0.05) is 6.42 Å². The summed E-state index contributed by atoms with van der Waals surface area (Å²) < 4.78 is 0. The minimum atomic E-state index is -0.854. The Bertz CT molecular complexity index is 404. The van der Waals surface area contributed by atoms with E-state index in [1.54, 1.807) is 18.7 Å². The molecular formula is C15H26N2O4. The van der Waals surface area contributed by atoms with Crippen LogP contribution in [0.15, 0.2) is 0 Å². The summed E-state index contributed by atoms with van der Waals surface area (Å²) in [7, 11) is 0. The molecule has 0 aromatic heterocycles. The van der Waals surface area contributed by atoms with E-state index in [0.717, 1.165) is 25.7 Å². The van der Waals surface area contributed by atoms with E-state index in [1.807, 2.05) is 0 Å². The number of likely N-dealkylation sites (tertiary alicyclic amines) is 1. The zero-order valence-electron chi connectivity index (χ0n) is 12.8. The Kier molecular flexibility index (Phi) is 4.76. The van der Waals surface area contributed by atoms with E-state index in [-0.39, 0.29) is 24.1 Å². The van der Waals surface area contributed by atoms with Crippen molar-refractivity contribution in [1.29, 1.82) is 0 Å². The van der Waals surface area contributed by atoms with Gasteiger partial charge in [-0.15, -0.1) is 0 Å². The lowest BCUT2D eigenvalue weighted by Gasteiger charge is -2.35. The van der Waals surface area contributed by atoms with Crippen molar-refractivity contribution in [3.63, 3.8) is 0 Å². The summed E-state index contributed by atoms with van der Waals surface area (Å²) >= 11 is 0. The molecule has 120 valence electrons. The molecule has 2 rings (SSSR count). The van der Waals surface area contributed by atoms with Crippen LogP contribution in [0.25, 0.3) is 0 Å². The summed E-state index contributed by atoms with van der Waals surface area (Å²) in [6, 6.07) is -0.463. The zero-order chi connectivity index (χ0) is 15.6. The summed E-state index contributed by atoms with van der Waals surface area (Å²) in [6.07, 6.45) is 3.42. The first-order valence-electron chi connectivity index (χ1n) is 7.81. The van der Waals surface area contributed by atoms with Crippen molar-refractivity contribution in [2.45, 2.75) is 58.1 Å². The van der Waals surface area contributed by atoms with E-state index in [4.69, 9.17) is 0 Å². The number of hydrogen-bond donors (Lipinski definition) is 3. The highest BCUT2D eigenvalue weighted by molar-refractivity contribution is 5.79. The molecule has 0 bridgehead atoms. The Labute approximate surface area is 125 Å². The summed E-state index contributed by atoms with van der Waals surface area (Å²) in [5.41, 5.74) is -0.854. The average Bonchev–Trinajstić information content (AvgIpc) is 2.81. The zero-order valence-corrected chi connectivity index (χ0v) is 12.8. The quantitative estimate of drug-likeness (QED) is 0.735. The second-order valence-corrected chi connectivity index (χ2v) is 6.68. The van der Waals surface area contributed by atoms with E-state index in [2.05, 4.69) is 5.32 Å². The normalized spacial score (nSPS) is 32.0. The number of carbonyl (C=O) groups excluding carboxylic acids is 1. The number of hydrogen-bond acceptors (Lipinski definition) is 3. The van der Waals surface area contributed by atoms with E-state index in [0.29, 0.717) is 19.5 Å². The van der Waals surface area contributed by atoms with Crippen molar-refractivity contribution in [2.24, 2.45) is 11.3 Å². The molecular weight excluding hydrogens is 272 g/mol. The van der Waals surface area contributed by atoms with Crippen molar-refractivity contribution in [3.8, 4) is 0 Å². The predicted octanol–water partition coefficient (Wildman–Crippen LogP) is 1.43. The van der Waals surface area contributed by atoms with E-state index < -0.39 is 11.4 Å². The SMILES string of the molecule is CC(O)C1CCN(C(=O)NC2CCCC2(C)C(=O)O)CC1. The molecule has 6 heteroatoms. The number of carbonyl (C=O) groups is 2. The third-order valence-corrected chi connectivity index (χ3v) is 5.25. The first kappa shape index (κ1) is 16.1. The lowest BCUT2D eigenvalue weighted by molar-refractivity contribution is -0.148. The fraction of sp³-hybridized carbons (Fsp3) is 0.867. The molecule has 2 amide bonds. The molecule has 1 aliphatic heterocycles. The van der Waals surface area contributed by atoms with Crippen LogP contribution in [-0.4, -0.2) is 52.3 Å². The molecule has 3 unspecified atom stereocenters. The van der Waals surface area contributed by atoms with Gasteiger partial charge in [0.1, 0.15) is 0 Å². The topological polar surface area (TPSA) is 89.9 Å². The number of nitrogens with zero attached hydrogens (tertiary/aromatic N) is 1. The van der Waals surface area contributed by atoms with Gasteiger partial charge in [-0.05, 0) is 45.4 Å². The molecule has 0 radical (unpaired) electrons. The van der Waals surface area contributed by atoms with Crippen LogP contribution in [0.5, 0.6) is 0 Å². The molecule has 1 saturated heterocycles. The Morgan fingerprint density at radius 1 is 1.29 bits per heavy atom. The van der Waals surface area contributed by atoms with Gasteiger partial charge in [0.2, 0.25) is 0 Å². The number of carboxylic acids is 1. The summed E-state index contributed by atoms with van der Waals surface area (Å²) in [4.78, 5) is 25.5. The molecule has 1 saturated carbocycles. The van der Waals surface area contributed by atoms with Crippen molar-refractivity contribution < 1.29 is 19.8 Å². The Morgan fingerprint density at radius 2 is 1.90 bits per heavy atom. The maximum atomic E-state index is 12.3. The fourth-order valence-electron chi connectivity index (χ4n) is 3.48. The van der Waals surface area contributed by atoms with Crippen LogP contribution in [0, 0.1) is 11.3 Å². The highest BCUT2D eigenvalue weighted by Gasteiger charge is 2.46. The Morgan fingerprint density at radius 3 is 2.43 bits per heavy atom. The van der Waals surface area contributed by atoms with Gasteiger partial charge in [-0.2, -0.15) is 0 Å². The number of aliphatic hydroxyl groups is 1. The van der Waals surface area contributed by atoms with Crippen LogP contribution < -0.4 is 5.32 Å². The number of rotatable bonds is 3. The second-order valence-electron chi connectivity index (χ2n) is 6.68. The van der Waals surface area contributed by atoms with Crippen LogP contribution in [0.3, 0.4) is 0 Å². The molecule has 3 atom stereocenters. The third-order valence-electron chi connectivity index (χ3n) is 5.25. The monoisotopic (exact) mass is 298 g/mol. The van der Waals surface area contributed by atoms with Crippen molar-refractivity contribution in [3.05, 3.63) is 0 Å². The Balaban J connectivity index is 1.89. The summed E-state index contributed by atoms with van der Waals surface area (Å²) in [5.74, 6) is -0.581. The molecule has 0 aromatic rings. The number of carboxylic acid groups (broad SMARTS) is 1. The summed E-state index contributed by atoms with van der Waals surface area (Å²) in [5, 5.41) is 21.9. The van der Waals surface area contributed by atoms with Gasteiger partial charge in [0, 0.05) is 19.1 Å². The minimum absolute atomic E-state index is 0.168. The fourth-order valence-corrected chi connectivity index (χ4v) is 3.48. The maximum absolute atomic E-state index is 12.3. The van der Waals surface area contributed by atoms with Gasteiger partial charge in [-0.25, -0.2) is 4.79 Å². The van der Waals surface area contributed by atoms with Crippen molar-refractivity contribution in [1.82, 2.24) is 10.2 Å². The minimum Gasteiger partial charge on any atom is -0.481 e. The molecule has 3 N–H and O–H groups in total. The number of piperidine rings is 1. The number of urea groups is 1. The van der Waals surface area contributed by atoms with Crippen LogP contribution in [0.1, 0.15) is 46.0 Å². The molecule has 1 aliphatic carbocycles. The van der Waals surface area contributed by atoms with Gasteiger partial charge in [-0.3, -0.25) is 4.79 Å². The van der Waals surface area contributed by atoms with E-state index in [9.17, 15) is 19.8 Å². The smallest absolute Gasteiger partial charge is 0.317 e. The average molecular weight is 298 g/mol. The lowest BCUT2D eigenvalue weighted by atomic mass is 9.85. The molecule has 6 nitrogen and oxygen atoms in total. The number of amides is 2. The highest BCUT2D eigenvalue weighted by Crippen LogP contribution is 2.38. The molecule has 21 heavy (non-hydrogen) atoms. The first-order valence-corrected chi connectivity index (χ1v) is 7.81. The van der Waals surface area contributed by atoms with Crippen LogP contribution in [0.2, 0.25) is 0 Å². The number of aliphatic carboxylic acids is 1. The van der Waals surface area contributed by atoms with Crippen LogP contribution >= 0.6 is 0 Å². The predicted molar refractivity (Wildman–Crippen MR) is 77.9 cm³/mol. The third kappa shape index (κ3) is 3.31. The second kappa shape index (κ2) is 6.22. The first-order chi connectivity index (χ1) is 9.84. The van der Waals surface area contributed by atoms with Crippen molar-refractivity contribution >= 4 is 12.0 Å². The maximum Gasteiger partial charge on any atom is 0.317 e. The van der Waals surface area contributed by atoms with Gasteiger partial charge in [0.05, 0.1) is 11.5 Å². The number of aliphatic hydroxyl groups excluding tert-OH is 1.